The zero-order valence-corrected chi connectivity index (χ0v) is 18.5. The fraction of sp³-hybridized carbons (Fsp3) is 0.154. The molecular formula is C26H24N2O5. The van der Waals surface area contributed by atoms with Gasteiger partial charge in [0.25, 0.3) is 11.8 Å². The molecule has 2 N–H and O–H groups in total. The average molecular weight is 444 g/mol. The molecule has 4 rings (SSSR count). The van der Waals surface area contributed by atoms with Crippen molar-refractivity contribution in [2.24, 2.45) is 0 Å². The monoisotopic (exact) mass is 444 g/mol. The summed E-state index contributed by atoms with van der Waals surface area (Å²) in [5.74, 6) is 0.444. The number of nitrogens with one attached hydrogen (secondary N) is 2. The summed E-state index contributed by atoms with van der Waals surface area (Å²) < 4.78 is 16.9. The van der Waals surface area contributed by atoms with Gasteiger partial charge >= 0.3 is 0 Å². The molecule has 0 spiro atoms. The van der Waals surface area contributed by atoms with Crippen molar-refractivity contribution in [3.05, 3.63) is 84.6 Å². The summed E-state index contributed by atoms with van der Waals surface area (Å²) in [5, 5.41) is 6.46. The summed E-state index contributed by atoms with van der Waals surface area (Å²) >= 11 is 0. The van der Waals surface area contributed by atoms with Crippen molar-refractivity contribution >= 4 is 34.2 Å². The molecule has 0 aliphatic rings. The number of hydrogen-bond acceptors (Lipinski definition) is 5. The summed E-state index contributed by atoms with van der Waals surface area (Å²) in [6, 6.07) is 23.2. The third-order valence-electron chi connectivity index (χ3n) is 5.02. The smallest absolute Gasteiger partial charge is 0.291 e. The van der Waals surface area contributed by atoms with Crippen molar-refractivity contribution in [2.45, 2.75) is 19.4 Å². The Balaban J connectivity index is 1.47. The van der Waals surface area contributed by atoms with Gasteiger partial charge in [0, 0.05) is 17.1 Å². The van der Waals surface area contributed by atoms with Crippen molar-refractivity contribution in [2.75, 3.05) is 17.7 Å². The van der Waals surface area contributed by atoms with E-state index in [4.69, 9.17) is 13.9 Å². The summed E-state index contributed by atoms with van der Waals surface area (Å²) in [4.78, 5) is 25.5. The van der Waals surface area contributed by atoms with Crippen LogP contribution in [0.1, 0.15) is 24.4 Å². The molecule has 0 radical (unpaired) electrons. The highest BCUT2D eigenvalue weighted by atomic mass is 16.5. The highest BCUT2D eigenvalue weighted by Crippen LogP contribution is 2.30. The second-order valence-electron chi connectivity index (χ2n) is 7.90. The van der Waals surface area contributed by atoms with Crippen LogP contribution in [0, 0.1) is 0 Å². The molecule has 7 heteroatoms. The Hall–Kier alpha value is -4.26. The Bertz CT molecular complexity index is 1260. The Kier molecular flexibility index (Phi) is 6.04. The molecule has 0 aliphatic carbocycles. The molecule has 0 unspecified atom stereocenters. The van der Waals surface area contributed by atoms with E-state index in [2.05, 4.69) is 10.6 Å². The van der Waals surface area contributed by atoms with Crippen LogP contribution in [-0.2, 0) is 4.79 Å². The maximum Gasteiger partial charge on any atom is 0.291 e. The van der Waals surface area contributed by atoms with E-state index in [-0.39, 0.29) is 11.7 Å². The maximum absolute atomic E-state index is 12.8. The number of benzene rings is 3. The van der Waals surface area contributed by atoms with Gasteiger partial charge in [0.15, 0.2) is 11.4 Å². The molecule has 0 atom stereocenters. The predicted molar refractivity (Wildman–Crippen MR) is 127 cm³/mol. The highest BCUT2D eigenvalue weighted by Gasteiger charge is 2.30. The van der Waals surface area contributed by atoms with Crippen LogP contribution in [0.4, 0.5) is 11.4 Å². The average Bonchev–Trinajstić information content (AvgIpc) is 3.25. The number of carbonyl (C=O) groups excluding carboxylic acids is 2. The van der Waals surface area contributed by atoms with Crippen LogP contribution in [0.5, 0.6) is 11.5 Å². The van der Waals surface area contributed by atoms with Gasteiger partial charge in [-0.25, -0.2) is 0 Å². The van der Waals surface area contributed by atoms with E-state index in [1.165, 1.54) is 7.11 Å². The third kappa shape index (κ3) is 4.98. The van der Waals surface area contributed by atoms with Crippen LogP contribution >= 0.6 is 0 Å². The van der Waals surface area contributed by atoms with E-state index in [1.807, 2.05) is 36.4 Å². The molecule has 4 aromatic rings. The first-order valence-corrected chi connectivity index (χ1v) is 10.4. The zero-order valence-electron chi connectivity index (χ0n) is 18.5. The molecule has 0 aliphatic heterocycles. The van der Waals surface area contributed by atoms with Gasteiger partial charge in [0.1, 0.15) is 17.1 Å². The van der Waals surface area contributed by atoms with Gasteiger partial charge in [0.05, 0.1) is 12.8 Å². The number of amides is 2. The van der Waals surface area contributed by atoms with Gasteiger partial charge in [-0.05, 0) is 50.2 Å². The Morgan fingerprint density at radius 1 is 0.879 bits per heavy atom. The molecule has 168 valence electrons. The number of fused-ring (bicyclic) bond motifs is 1. The SMILES string of the molecule is COc1cc(NC(=O)C(C)(C)Oc2ccccc2)ccc1NC(=O)c1cc2ccccc2o1. The van der Waals surface area contributed by atoms with Gasteiger partial charge in [-0.1, -0.05) is 36.4 Å². The van der Waals surface area contributed by atoms with Crippen molar-refractivity contribution in [1.82, 2.24) is 0 Å². The van der Waals surface area contributed by atoms with Gasteiger partial charge in [0.2, 0.25) is 0 Å². The number of carbonyl (C=O) groups is 2. The first-order chi connectivity index (χ1) is 15.9. The van der Waals surface area contributed by atoms with Crippen LogP contribution in [0.3, 0.4) is 0 Å². The zero-order chi connectivity index (χ0) is 23.4. The minimum absolute atomic E-state index is 0.190. The Morgan fingerprint density at radius 3 is 2.33 bits per heavy atom. The molecule has 0 saturated carbocycles. The maximum atomic E-state index is 12.8. The van der Waals surface area contributed by atoms with Crippen LogP contribution in [0.25, 0.3) is 11.0 Å². The molecule has 0 saturated heterocycles. The molecule has 1 aromatic heterocycles. The van der Waals surface area contributed by atoms with Crippen molar-refractivity contribution in [3.63, 3.8) is 0 Å². The van der Waals surface area contributed by atoms with Crippen molar-refractivity contribution in [1.29, 1.82) is 0 Å². The summed E-state index contributed by atoms with van der Waals surface area (Å²) in [6.07, 6.45) is 0. The molecule has 2 amide bonds. The summed E-state index contributed by atoms with van der Waals surface area (Å²) in [5.41, 5.74) is 0.472. The largest absolute Gasteiger partial charge is 0.494 e. The number of rotatable bonds is 7. The van der Waals surface area contributed by atoms with E-state index >= 15 is 0 Å². The quantitative estimate of drug-likeness (QED) is 0.393. The van der Waals surface area contributed by atoms with Crippen LogP contribution < -0.4 is 20.1 Å². The number of anilines is 2. The topological polar surface area (TPSA) is 89.8 Å². The standard InChI is InChI=1S/C26H24N2O5/c1-26(2,33-19-10-5-4-6-11-19)25(30)27-18-13-14-20(22(16-18)31-3)28-24(29)23-15-17-9-7-8-12-21(17)32-23/h4-16H,1-3H3,(H,27,30)(H,28,29). The second-order valence-corrected chi connectivity index (χ2v) is 7.90. The fourth-order valence-corrected chi connectivity index (χ4v) is 3.26. The van der Waals surface area contributed by atoms with E-state index < -0.39 is 11.5 Å². The van der Waals surface area contributed by atoms with Crippen LogP contribution in [0.2, 0.25) is 0 Å². The number of para-hydroxylation sites is 2. The minimum atomic E-state index is -1.11. The number of furan rings is 1. The fourth-order valence-electron chi connectivity index (χ4n) is 3.26. The van der Waals surface area contributed by atoms with Crippen LogP contribution in [0.15, 0.2) is 83.3 Å². The van der Waals surface area contributed by atoms with E-state index in [0.29, 0.717) is 28.5 Å². The van der Waals surface area contributed by atoms with E-state index in [9.17, 15) is 9.59 Å². The lowest BCUT2D eigenvalue weighted by Gasteiger charge is -2.25. The number of hydrogen-bond donors (Lipinski definition) is 2. The molecule has 3 aromatic carbocycles. The van der Waals surface area contributed by atoms with Gasteiger partial charge in [-0.2, -0.15) is 0 Å². The number of ether oxygens (including phenoxy) is 2. The van der Waals surface area contributed by atoms with Crippen LogP contribution in [-0.4, -0.2) is 24.5 Å². The molecule has 0 fully saturated rings. The van der Waals surface area contributed by atoms with E-state index in [0.717, 1.165) is 5.39 Å². The highest BCUT2D eigenvalue weighted by molar-refractivity contribution is 6.05. The molecule has 7 nitrogen and oxygen atoms in total. The lowest BCUT2D eigenvalue weighted by molar-refractivity contribution is -0.128. The molecule has 33 heavy (non-hydrogen) atoms. The van der Waals surface area contributed by atoms with Gasteiger partial charge in [-0.15, -0.1) is 0 Å². The summed E-state index contributed by atoms with van der Waals surface area (Å²) in [7, 11) is 1.49. The van der Waals surface area contributed by atoms with Crippen molar-refractivity contribution in [3.8, 4) is 11.5 Å². The lowest BCUT2D eigenvalue weighted by Crippen LogP contribution is -2.42. The molecule has 0 bridgehead atoms. The predicted octanol–water partition coefficient (Wildman–Crippen LogP) is 5.49. The number of methoxy groups -OCH3 is 1. The first kappa shape index (κ1) is 22.0. The Labute approximate surface area is 191 Å². The molecular weight excluding hydrogens is 420 g/mol. The Morgan fingerprint density at radius 2 is 1.61 bits per heavy atom. The van der Waals surface area contributed by atoms with Gasteiger partial charge in [-0.3, -0.25) is 9.59 Å². The van der Waals surface area contributed by atoms with E-state index in [1.54, 1.807) is 56.3 Å². The minimum Gasteiger partial charge on any atom is -0.494 e. The first-order valence-electron chi connectivity index (χ1n) is 10.4. The lowest BCUT2D eigenvalue weighted by atomic mass is 10.1. The van der Waals surface area contributed by atoms with Gasteiger partial charge < -0.3 is 24.5 Å². The summed E-state index contributed by atoms with van der Waals surface area (Å²) in [6.45, 7) is 3.38. The molecule has 1 heterocycles. The third-order valence-corrected chi connectivity index (χ3v) is 5.02. The second kappa shape index (κ2) is 9.08. The normalized spacial score (nSPS) is 11.1. The van der Waals surface area contributed by atoms with Crippen molar-refractivity contribution < 1.29 is 23.5 Å².